The minimum atomic E-state index is -3.85. The maximum atomic E-state index is 14.0. The van der Waals surface area contributed by atoms with Crippen molar-refractivity contribution < 1.29 is 18.0 Å². The average molecular weight is 556 g/mol. The van der Waals surface area contributed by atoms with Crippen LogP contribution in [0.5, 0.6) is 0 Å². The number of rotatable bonds is 11. The molecule has 3 aromatic carbocycles. The first-order valence-electron chi connectivity index (χ1n) is 12.4. The molecule has 0 saturated heterocycles. The average Bonchev–Trinajstić information content (AvgIpc) is 2.87. The lowest BCUT2D eigenvalue weighted by Gasteiger charge is -2.33. The van der Waals surface area contributed by atoms with E-state index in [2.05, 4.69) is 5.32 Å². The molecule has 1 N–H and O–H groups in total. The summed E-state index contributed by atoms with van der Waals surface area (Å²) in [5, 5.41) is 3.24. The molecule has 0 aliphatic heterocycles. The van der Waals surface area contributed by atoms with Crippen LogP contribution in [0.4, 0.5) is 5.69 Å². The van der Waals surface area contributed by atoms with Gasteiger partial charge in [-0.15, -0.1) is 0 Å². The van der Waals surface area contributed by atoms with E-state index in [1.807, 2.05) is 68.4 Å². The number of anilines is 1. The maximum Gasteiger partial charge on any atom is 0.244 e. The summed E-state index contributed by atoms with van der Waals surface area (Å²) in [5.74, 6) is -0.802. The van der Waals surface area contributed by atoms with Gasteiger partial charge in [-0.05, 0) is 49.6 Å². The van der Waals surface area contributed by atoms with Crippen molar-refractivity contribution in [3.8, 4) is 0 Å². The number of hydrogen-bond donors (Lipinski definition) is 1. The number of carbonyl (C=O) groups is 2. The van der Waals surface area contributed by atoms with Gasteiger partial charge < -0.3 is 10.2 Å². The third kappa shape index (κ3) is 7.58. The van der Waals surface area contributed by atoms with Crippen molar-refractivity contribution >= 4 is 39.1 Å². The van der Waals surface area contributed by atoms with Gasteiger partial charge in [-0.2, -0.15) is 0 Å². The number of benzene rings is 3. The van der Waals surface area contributed by atoms with Crippen molar-refractivity contribution in [1.82, 2.24) is 10.2 Å². The molecular formula is C29H34ClN3O4S. The largest absolute Gasteiger partial charge is 0.355 e. The second-order valence-corrected chi connectivity index (χ2v) is 11.6. The highest BCUT2D eigenvalue weighted by Crippen LogP contribution is 2.28. The summed E-state index contributed by atoms with van der Waals surface area (Å²) in [5.41, 5.74) is 3.64. The van der Waals surface area contributed by atoms with Gasteiger partial charge in [-0.25, -0.2) is 8.42 Å². The first-order valence-corrected chi connectivity index (χ1v) is 14.6. The van der Waals surface area contributed by atoms with Crippen LogP contribution in [0.25, 0.3) is 0 Å². The Bertz CT molecular complexity index is 1360. The number of amides is 2. The fraction of sp³-hybridized carbons (Fsp3) is 0.310. The van der Waals surface area contributed by atoms with Crippen LogP contribution in [-0.4, -0.2) is 50.5 Å². The Labute approximate surface area is 230 Å². The monoisotopic (exact) mass is 555 g/mol. The molecule has 0 aliphatic rings. The SMILES string of the molecule is CCNC(=O)[C@@H](Cc1ccccc1)N(Cc1ccc(C)cc1)C(=O)CN(c1cccc(Cl)c1C)S(C)(=O)=O. The van der Waals surface area contributed by atoms with E-state index in [4.69, 9.17) is 11.6 Å². The first kappa shape index (κ1) is 29.2. The van der Waals surface area contributed by atoms with Crippen molar-refractivity contribution in [2.75, 3.05) is 23.7 Å². The maximum absolute atomic E-state index is 14.0. The van der Waals surface area contributed by atoms with E-state index >= 15 is 0 Å². The standard InChI is InChI=1S/C29H34ClN3O4S/c1-5-31-29(35)27(18-23-10-7-6-8-11-23)32(19-24-16-14-21(2)15-17-24)28(34)20-33(38(4,36)37)26-13-9-12-25(30)22(26)3/h6-17,27H,5,18-20H2,1-4H3,(H,31,35)/t27-/m1/s1. The van der Waals surface area contributed by atoms with Gasteiger partial charge in [0.2, 0.25) is 21.8 Å². The van der Waals surface area contributed by atoms with E-state index in [0.29, 0.717) is 22.8 Å². The highest BCUT2D eigenvalue weighted by Gasteiger charge is 2.33. The summed E-state index contributed by atoms with van der Waals surface area (Å²) in [6.45, 7) is 5.55. The molecular weight excluding hydrogens is 522 g/mol. The van der Waals surface area contributed by atoms with Crippen LogP contribution in [0.2, 0.25) is 5.02 Å². The number of sulfonamides is 1. The summed E-state index contributed by atoms with van der Waals surface area (Å²) in [4.78, 5) is 28.8. The van der Waals surface area contributed by atoms with Crippen LogP contribution in [0.3, 0.4) is 0 Å². The van der Waals surface area contributed by atoms with Crippen LogP contribution < -0.4 is 9.62 Å². The van der Waals surface area contributed by atoms with E-state index < -0.39 is 28.5 Å². The predicted molar refractivity (Wildman–Crippen MR) is 153 cm³/mol. The van der Waals surface area contributed by atoms with Gasteiger partial charge in [0.1, 0.15) is 12.6 Å². The minimum Gasteiger partial charge on any atom is -0.355 e. The van der Waals surface area contributed by atoms with Crippen LogP contribution in [0.15, 0.2) is 72.8 Å². The third-order valence-corrected chi connectivity index (χ3v) is 7.82. The van der Waals surface area contributed by atoms with Crippen LogP contribution in [0.1, 0.15) is 29.2 Å². The van der Waals surface area contributed by atoms with Crippen LogP contribution in [-0.2, 0) is 32.6 Å². The molecule has 0 aromatic heterocycles. The summed E-state index contributed by atoms with van der Waals surface area (Å²) < 4.78 is 26.8. The number of hydrogen-bond acceptors (Lipinski definition) is 4. The summed E-state index contributed by atoms with van der Waals surface area (Å²) in [6.07, 6.45) is 1.33. The van der Waals surface area contributed by atoms with E-state index in [1.165, 1.54) is 4.90 Å². The van der Waals surface area contributed by atoms with E-state index in [-0.39, 0.29) is 18.9 Å². The molecule has 0 spiro atoms. The summed E-state index contributed by atoms with van der Waals surface area (Å²) in [6, 6.07) is 21.2. The van der Waals surface area contributed by atoms with E-state index in [9.17, 15) is 18.0 Å². The molecule has 1 atom stereocenters. The molecule has 0 saturated carbocycles. The Morgan fingerprint density at radius 2 is 1.58 bits per heavy atom. The Morgan fingerprint density at radius 1 is 0.921 bits per heavy atom. The molecule has 0 heterocycles. The lowest BCUT2D eigenvalue weighted by molar-refractivity contribution is -0.140. The molecule has 2 amide bonds. The van der Waals surface area contributed by atoms with Crippen molar-refractivity contribution in [3.63, 3.8) is 0 Å². The number of aryl methyl sites for hydroxylation is 1. The number of nitrogens with one attached hydrogen (secondary N) is 1. The number of halogens is 1. The van der Waals surface area contributed by atoms with Crippen molar-refractivity contribution in [3.05, 3.63) is 100 Å². The quantitative estimate of drug-likeness (QED) is 0.377. The Kier molecular flexibility index (Phi) is 9.94. The Hall–Kier alpha value is -3.36. The highest BCUT2D eigenvalue weighted by atomic mass is 35.5. The molecule has 0 unspecified atom stereocenters. The molecule has 0 bridgehead atoms. The van der Waals surface area contributed by atoms with Crippen LogP contribution in [0, 0.1) is 13.8 Å². The molecule has 0 aliphatic carbocycles. The topological polar surface area (TPSA) is 86.8 Å². The zero-order valence-electron chi connectivity index (χ0n) is 22.1. The highest BCUT2D eigenvalue weighted by molar-refractivity contribution is 7.92. The number of likely N-dealkylation sites (N-methyl/N-ethyl adjacent to an activating group) is 1. The second-order valence-electron chi connectivity index (χ2n) is 9.26. The van der Waals surface area contributed by atoms with Crippen LogP contribution >= 0.6 is 11.6 Å². The molecule has 7 nitrogen and oxygen atoms in total. The third-order valence-electron chi connectivity index (χ3n) is 6.28. The molecule has 3 aromatic rings. The second kappa shape index (κ2) is 12.9. The minimum absolute atomic E-state index is 0.139. The number of nitrogens with zero attached hydrogens (tertiary/aromatic N) is 2. The lowest BCUT2D eigenvalue weighted by Crippen LogP contribution is -2.53. The molecule has 38 heavy (non-hydrogen) atoms. The summed E-state index contributed by atoms with van der Waals surface area (Å²) >= 11 is 6.27. The number of carbonyl (C=O) groups excluding carboxylic acids is 2. The normalized spacial score (nSPS) is 12.0. The van der Waals surface area contributed by atoms with E-state index in [0.717, 1.165) is 27.3 Å². The van der Waals surface area contributed by atoms with Crippen molar-refractivity contribution in [1.29, 1.82) is 0 Å². The summed E-state index contributed by atoms with van der Waals surface area (Å²) in [7, 11) is -3.85. The Morgan fingerprint density at radius 3 is 2.18 bits per heavy atom. The first-order chi connectivity index (χ1) is 18.0. The predicted octanol–water partition coefficient (Wildman–Crippen LogP) is 4.50. The van der Waals surface area contributed by atoms with Gasteiger partial charge >= 0.3 is 0 Å². The molecule has 9 heteroatoms. The van der Waals surface area contributed by atoms with Gasteiger partial charge in [0, 0.05) is 24.5 Å². The fourth-order valence-corrected chi connectivity index (χ4v) is 5.27. The smallest absolute Gasteiger partial charge is 0.244 e. The van der Waals surface area contributed by atoms with Gasteiger partial charge in [-0.1, -0.05) is 77.8 Å². The van der Waals surface area contributed by atoms with Gasteiger partial charge in [0.05, 0.1) is 11.9 Å². The van der Waals surface area contributed by atoms with Crippen molar-refractivity contribution in [2.45, 2.75) is 39.8 Å². The van der Waals surface area contributed by atoms with E-state index in [1.54, 1.807) is 25.1 Å². The van der Waals surface area contributed by atoms with Gasteiger partial charge in [0.15, 0.2) is 0 Å². The Balaban J connectivity index is 2.06. The zero-order chi connectivity index (χ0) is 27.9. The van der Waals surface area contributed by atoms with Gasteiger partial charge in [0.25, 0.3) is 0 Å². The zero-order valence-corrected chi connectivity index (χ0v) is 23.7. The molecule has 0 fully saturated rings. The molecule has 0 radical (unpaired) electrons. The molecule has 202 valence electrons. The van der Waals surface area contributed by atoms with Gasteiger partial charge in [-0.3, -0.25) is 13.9 Å². The van der Waals surface area contributed by atoms with Crippen molar-refractivity contribution in [2.24, 2.45) is 0 Å². The lowest BCUT2D eigenvalue weighted by atomic mass is 10.0. The fourth-order valence-electron chi connectivity index (χ4n) is 4.20. The molecule has 3 rings (SSSR count).